The molecule has 0 amide bonds. The van der Waals surface area contributed by atoms with Crippen LogP contribution in [0.5, 0.6) is 0 Å². The zero-order valence-electron chi connectivity index (χ0n) is 19.1. The summed E-state index contributed by atoms with van der Waals surface area (Å²) in [7, 11) is 0. The molecule has 7 unspecified atom stereocenters. The maximum Gasteiger partial charge on any atom is -0.0152 e. The molecule has 8 atom stereocenters. The summed E-state index contributed by atoms with van der Waals surface area (Å²) in [5.41, 5.74) is 3.28. The lowest BCUT2D eigenvalue weighted by Gasteiger charge is -2.63. The van der Waals surface area contributed by atoms with Crippen molar-refractivity contribution in [1.29, 1.82) is 0 Å². The lowest BCUT2D eigenvalue weighted by atomic mass is 9.42. The molecule has 0 aliphatic heterocycles. The highest BCUT2D eigenvalue weighted by atomic mass is 14.6. The van der Waals surface area contributed by atoms with E-state index in [1.807, 2.05) is 0 Å². The minimum Gasteiger partial charge on any atom is -0.0998 e. The minimum absolute atomic E-state index is 0.553. The SMILES string of the molecule is C=C(C)C1CCCC2C3CCC4C[C@@](C)(CC)CCCC4(C)C3CCC12C. The average Bonchev–Trinajstić information content (AvgIpc) is 2.76. The molecular weight excluding hydrogens is 324 g/mol. The average molecular weight is 371 g/mol. The van der Waals surface area contributed by atoms with Crippen molar-refractivity contribution in [3.63, 3.8) is 0 Å². The molecule has 0 saturated heterocycles. The molecule has 0 aromatic heterocycles. The van der Waals surface area contributed by atoms with E-state index in [0.717, 1.165) is 29.6 Å². The van der Waals surface area contributed by atoms with Crippen molar-refractivity contribution in [3.05, 3.63) is 12.2 Å². The van der Waals surface area contributed by atoms with Gasteiger partial charge in [-0.3, -0.25) is 0 Å². The second-order valence-corrected chi connectivity index (χ2v) is 12.3. The topological polar surface area (TPSA) is 0 Å². The second-order valence-electron chi connectivity index (χ2n) is 12.3. The van der Waals surface area contributed by atoms with E-state index in [1.165, 1.54) is 82.6 Å². The van der Waals surface area contributed by atoms with Gasteiger partial charge in [-0.05, 0) is 111 Å². The Morgan fingerprint density at radius 2 is 1.59 bits per heavy atom. The summed E-state index contributed by atoms with van der Waals surface area (Å²) in [5.74, 6) is 4.79. The highest BCUT2D eigenvalue weighted by Gasteiger charge is 2.58. The quantitative estimate of drug-likeness (QED) is 0.428. The first-order chi connectivity index (χ1) is 12.7. The van der Waals surface area contributed by atoms with Crippen molar-refractivity contribution in [2.45, 2.75) is 112 Å². The predicted molar refractivity (Wildman–Crippen MR) is 118 cm³/mol. The molecular formula is C27H46. The molecule has 4 fully saturated rings. The van der Waals surface area contributed by atoms with Gasteiger partial charge in [0, 0.05) is 0 Å². The standard InChI is InChI=1S/C27H46/c1-7-25(4)15-9-16-26(5)20(18-25)12-13-21-23-11-8-10-22(19(2)3)27(23,6)17-14-24(21)26/h20-24H,2,7-18H2,1,3-6H3/t20?,21?,22?,23?,24?,25-,26?,27?/m0/s1. The van der Waals surface area contributed by atoms with Gasteiger partial charge in [-0.25, -0.2) is 0 Å². The summed E-state index contributed by atoms with van der Waals surface area (Å²) in [6.07, 6.45) is 17.8. The van der Waals surface area contributed by atoms with E-state index >= 15 is 0 Å². The van der Waals surface area contributed by atoms with Crippen LogP contribution >= 0.6 is 0 Å². The van der Waals surface area contributed by atoms with E-state index < -0.39 is 0 Å². The maximum absolute atomic E-state index is 4.44. The number of rotatable bonds is 2. The van der Waals surface area contributed by atoms with Gasteiger partial charge in [-0.15, -0.1) is 0 Å². The molecule has 4 saturated carbocycles. The molecule has 4 aliphatic rings. The third-order valence-corrected chi connectivity index (χ3v) is 11.0. The smallest absolute Gasteiger partial charge is 0.0152 e. The van der Waals surface area contributed by atoms with Gasteiger partial charge in [-0.1, -0.05) is 59.1 Å². The normalized spacial score (nSPS) is 52.9. The first-order valence-electron chi connectivity index (χ1n) is 12.4. The van der Waals surface area contributed by atoms with Crippen molar-refractivity contribution in [3.8, 4) is 0 Å². The molecule has 0 radical (unpaired) electrons. The molecule has 0 nitrogen and oxygen atoms in total. The second kappa shape index (κ2) is 6.91. The summed E-state index contributed by atoms with van der Waals surface area (Å²) in [6.45, 7) is 17.2. The van der Waals surface area contributed by atoms with E-state index in [2.05, 4.69) is 41.2 Å². The van der Waals surface area contributed by atoms with Crippen LogP contribution in [-0.2, 0) is 0 Å². The molecule has 154 valence electrons. The summed E-state index contributed by atoms with van der Waals surface area (Å²) in [5, 5.41) is 0. The van der Waals surface area contributed by atoms with Crippen LogP contribution in [0.3, 0.4) is 0 Å². The monoisotopic (exact) mass is 370 g/mol. The molecule has 0 heterocycles. The fourth-order valence-electron chi connectivity index (χ4n) is 9.18. The van der Waals surface area contributed by atoms with E-state index in [0.29, 0.717) is 16.2 Å². The Morgan fingerprint density at radius 3 is 2.30 bits per heavy atom. The van der Waals surface area contributed by atoms with Gasteiger partial charge in [0.15, 0.2) is 0 Å². The number of allylic oxidation sites excluding steroid dienone is 1. The van der Waals surface area contributed by atoms with E-state index in [9.17, 15) is 0 Å². The van der Waals surface area contributed by atoms with Crippen LogP contribution in [0, 0.1) is 45.8 Å². The minimum atomic E-state index is 0.553. The Morgan fingerprint density at radius 1 is 0.852 bits per heavy atom. The van der Waals surface area contributed by atoms with Crippen LogP contribution in [0.15, 0.2) is 12.2 Å². The fraction of sp³-hybridized carbons (Fsp3) is 0.926. The number of fused-ring (bicyclic) bond motifs is 5. The summed E-state index contributed by atoms with van der Waals surface area (Å²) in [6, 6.07) is 0. The summed E-state index contributed by atoms with van der Waals surface area (Å²) < 4.78 is 0. The third-order valence-electron chi connectivity index (χ3n) is 11.0. The Kier molecular flexibility index (Phi) is 5.13. The summed E-state index contributed by atoms with van der Waals surface area (Å²) in [4.78, 5) is 0. The van der Waals surface area contributed by atoms with Gasteiger partial charge in [-0.2, -0.15) is 0 Å². The molecule has 4 rings (SSSR count). The molecule has 0 heteroatoms. The maximum atomic E-state index is 4.44. The Labute approximate surface area is 170 Å². The van der Waals surface area contributed by atoms with Crippen molar-refractivity contribution in [2.75, 3.05) is 0 Å². The van der Waals surface area contributed by atoms with Crippen LogP contribution in [0.4, 0.5) is 0 Å². The third kappa shape index (κ3) is 3.07. The van der Waals surface area contributed by atoms with Crippen molar-refractivity contribution in [1.82, 2.24) is 0 Å². The largest absolute Gasteiger partial charge is 0.0998 e. The van der Waals surface area contributed by atoms with Gasteiger partial charge in [0.1, 0.15) is 0 Å². The predicted octanol–water partition coefficient (Wildman–Crippen LogP) is 8.42. The molecule has 0 aromatic rings. The van der Waals surface area contributed by atoms with E-state index in [4.69, 9.17) is 0 Å². The molecule has 0 bridgehead atoms. The highest BCUT2D eigenvalue weighted by Crippen LogP contribution is 2.67. The first kappa shape index (κ1) is 20.0. The molecule has 0 aromatic carbocycles. The number of hydrogen-bond donors (Lipinski definition) is 0. The fourth-order valence-corrected chi connectivity index (χ4v) is 9.18. The van der Waals surface area contributed by atoms with Gasteiger partial charge >= 0.3 is 0 Å². The van der Waals surface area contributed by atoms with Crippen molar-refractivity contribution >= 4 is 0 Å². The van der Waals surface area contributed by atoms with Crippen LogP contribution < -0.4 is 0 Å². The van der Waals surface area contributed by atoms with Gasteiger partial charge in [0.2, 0.25) is 0 Å². The van der Waals surface area contributed by atoms with E-state index in [-0.39, 0.29) is 0 Å². The molecule has 4 aliphatic carbocycles. The Balaban J connectivity index is 1.62. The lowest BCUT2D eigenvalue weighted by molar-refractivity contribution is -0.129. The van der Waals surface area contributed by atoms with Crippen LogP contribution in [0.1, 0.15) is 112 Å². The first-order valence-corrected chi connectivity index (χ1v) is 12.4. The molecule has 27 heavy (non-hydrogen) atoms. The Hall–Kier alpha value is -0.260. The Bertz CT molecular complexity index is 575. The van der Waals surface area contributed by atoms with Crippen molar-refractivity contribution < 1.29 is 0 Å². The summed E-state index contributed by atoms with van der Waals surface area (Å²) >= 11 is 0. The highest BCUT2D eigenvalue weighted by molar-refractivity contribution is 5.13. The zero-order valence-corrected chi connectivity index (χ0v) is 19.1. The van der Waals surface area contributed by atoms with Crippen molar-refractivity contribution in [2.24, 2.45) is 45.8 Å². The van der Waals surface area contributed by atoms with Gasteiger partial charge in [0.05, 0.1) is 0 Å². The molecule has 0 N–H and O–H groups in total. The van der Waals surface area contributed by atoms with E-state index in [1.54, 1.807) is 0 Å². The number of hydrogen-bond acceptors (Lipinski definition) is 0. The van der Waals surface area contributed by atoms with Crippen LogP contribution in [0.2, 0.25) is 0 Å². The van der Waals surface area contributed by atoms with Crippen LogP contribution in [-0.4, -0.2) is 0 Å². The van der Waals surface area contributed by atoms with Crippen LogP contribution in [0.25, 0.3) is 0 Å². The zero-order chi connectivity index (χ0) is 19.4. The molecule has 0 spiro atoms. The van der Waals surface area contributed by atoms with Gasteiger partial charge in [0.25, 0.3) is 0 Å². The lowest BCUT2D eigenvalue weighted by Crippen LogP contribution is -2.55. The van der Waals surface area contributed by atoms with Gasteiger partial charge < -0.3 is 0 Å².